The van der Waals surface area contributed by atoms with Gasteiger partial charge in [-0.3, -0.25) is 0 Å². The van der Waals surface area contributed by atoms with Gasteiger partial charge < -0.3 is 14.1 Å². The van der Waals surface area contributed by atoms with Gasteiger partial charge in [-0.05, 0) is 37.6 Å². The molecule has 0 fully saturated rings. The van der Waals surface area contributed by atoms with E-state index in [1.807, 2.05) is 35.8 Å². The van der Waals surface area contributed by atoms with Crippen LogP contribution in [0.3, 0.4) is 0 Å². The van der Waals surface area contributed by atoms with Gasteiger partial charge in [0.2, 0.25) is 0 Å². The molecule has 3 rings (SSSR count). The lowest BCUT2D eigenvalue weighted by molar-refractivity contribution is 0.280. The number of hydrogen-bond acceptors (Lipinski definition) is 4. The smallest absolute Gasteiger partial charge is 0.178 e. The lowest BCUT2D eigenvalue weighted by atomic mass is 10.4. The highest BCUT2D eigenvalue weighted by Gasteiger charge is 2.15. The zero-order valence-corrected chi connectivity index (χ0v) is 10.7. The minimum Gasteiger partial charge on any atom is -0.458 e. The summed E-state index contributed by atoms with van der Waals surface area (Å²) < 4.78 is 7.64. The normalized spacial score (nSPS) is 11.3. The van der Waals surface area contributed by atoms with Crippen LogP contribution in [0.15, 0.2) is 34.9 Å². The fourth-order valence-electron chi connectivity index (χ4n) is 2.14. The van der Waals surface area contributed by atoms with Gasteiger partial charge in [-0.25, -0.2) is 9.97 Å². The monoisotopic (exact) mass is 257 g/mol. The highest BCUT2D eigenvalue weighted by Crippen LogP contribution is 2.25. The van der Waals surface area contributed by atoms with Gasteiger partial charge >= 0.3 is 0 Å². The van der Waals surface area contributed by atoms with Crippen molar-refractivity contribution in [3.63, 3.8) is 0 Å². The summed E-state index contributed by atoms with van der Waals surface area (Å²) >= 11 is 0. The molecule has 0 aromatic carbocycles. The van der Waals surface area contributed by atoms with Crippen molar-refractivity contribution in [1.82, 2.24) is 14.5 Å². The zero-order valence-electron chi connectivity index (χ0n) is 10.7. The Kier molecular flexibility index (Phi) is 3.05. The minimum absolute atomic E-state index is 0.142. The average Bonchev–Trinajstić information content (AvgIpc) is 3.00. The first-order valence-electron chi connectivity index (χ1n) is 6.28. The number of pyridine rings is 1. The molecule has 0 unspecified atom stereocenters. The Morgan fingerprint density at radius 1 is 1.32 bits per heavy atom. The van der Waals surface area contributed by atoms with Gasteiger partial charge in [-0.1, -0.05) is 0 Å². The van der Waals surface area contributed by atoms with Gasteiger partial charge in [-0.2, -0.15) is 0 Å². The van der Waals surface area contributed by atoms with E-state index in [9.17, 15) is 0 Å². The summed E-state index contributed by atoms with van der Waals surface area (Å²) in [5.41, 5.74) is 1.66. The molecule has 19 heavy (non-hydrogen) atoms. The van der Waals surface area contributed by atoms with Crippen LogP contribution in [0.25, 0.3) is 22.7 Å². The Morgan fingerprint density at radius 3 is 2.95 bits per heavy atom. The van der Waals surface area contributed by atoms with Crippen molar-refractivity contribution in [3.8, 4) is 11.6 Å². The van der Waals surface area contributed by atoms with Crippen molar-refractivity contribution in [2.45, 2.75) is 19.9 Å². The number of aryl methyl sites for hydroxylation is 2. The standard InChI is InChI=1S/C14H15N3O2/c1-10-5-6-12(19-10)14-16-11-4-2-7-15-13(11)17(14)8-3-9-18/h2,4-7,18H,3,8-9H2,1H3. The summed E-state index contributed by atoms with van der Waals surface area (Å²) in [5.74, 6) is 2.34. The first kappa shape index (κ1) is 11.9. The second-order valence-electron chi connectivity index (χ2n) is 4.42. The topological polar surface area (TPSA) is 64.1 Å². The zero-order chi connectivity index (χ0) is 13.2. The maximum Gasteiger partial charge on any atom is 0.178 e. The largest absolute Gasteiger partial charge is 0.458 e. The van der Waals surface area contributed by atoms with Crippen molar-refractivity contribution >= 4 is 11.2 Å². The third-order valence-electron chi connectivity index (χ3n) is 3.00. The predicted octanol–water partition coefficient (Wildman–Crippen LogP) is 2.38. The van der Waals surface area contributed by atoms with Gasteiger partial charge in [0.25, 0.3) is 0 Å². The Labute approximate surface area is 110 Å². The lowest BCUT2D eigenvalue weighted by Gasteiger charge is -2.05. The summed E-state index contributed by atoms with van der Waals surface area (Å²) in [6.07, 6.45) is 2.41. The number of nitrogens with zero attached hydrogens (tertiary/aromatic N) is 3. The van der Waals surface area contributed by atoms with Crippen LogP contribution in [0.1, 0.15) is 12.2 Å². The van der Waals surface area contributed by atoms with E-state index in [2.05, 4.69) is 9.97 Å². The fraction of sp³-hybridized carbons (Fsp3) is 0.286. The predicted molar refractivity (Wildman–Crippen MR) is 71.7 cm³/mol. The van der Waals surface area contributed by atoms with Crippen LogP contribution in [-0.2, 0) is 6.54 Å². The molecule has 3 aromatic heterocycles. The molecule has 0 aliphatic carbocycles. The van der Waals surface area contributed by atoms with E-state index in [1.165, 1.54) is 0 Å². The molecule has 0 spiro atoms. The first-order chi connectivity index (χ1) is 9.29. The van der Waals surface area contributed by atoms with E-state index in [0.29, 0.717) is 13.0 Å². The number of imidazole rings is 1. The van der Waals surface area contributed by atoms with Gasteiger partial charge in [0, 0.05) is 19.3 Å². The van der Waals surface area contributed by atoms with Gasteiger partial charge in [-0.15, -0.1) is 0 Å². The molecule has 0 amide bonds. The van der Waals surface area contributed by atoms with Crippen LogP contribution >= 0.6 is 0 Å². The molecule has 0 radical (unpaired) electrons. The maximum absolute atomic E-state index is 9.03. The molecule has 0 saturated heterocycles. The van der Waals surface area contributed by atoms with Crippen LogP contribution in [-0.4, -0.2) is 26.2 Å². The molecule has 3 heterocycles. The summed E-state index contributed by atoms with van der Waals surface area (Å²) in [6.45, 7) is 2.71. The summed E-state index contributed by atoms with van der Waals surface area (Å²) in [4.78, 5) is 8.94. The molecular weight excluding hydrogens is 242 g/mol. The van der Waals surface area contributed by atoms with E-state index in [4.69, 9.17) is 9.52 Å². The summed E-state index contributed by atoms with van der Waals surface area (Å²) in [5, 5.41) is 9.03. The Balaban J connectivity index is 2.16. The highest BCUT2D eigenvalue weighted by molar-refractivity contribution is 5.75. The Hall–Kier alpha value is -2.14. The number of furan rings is 1. The first-order valence-corrected chi connectivity index (χ1v) is 6.28. The Morgan fingerprint density at radius 2 is 2.21 bits per heavy atom. The molecule has 0 aliphatic heterocycles. The van der Waals surface area contributed by atoms with E-state index >= 15 is 0 Å². The van der Waals surface area contributed by atoms with Gasteiger partial charge in [0.05, 0.1) is 0 Å². The van der Waals surface area contributed by atoms with Crippen LogP contribution < -0.4 is 0 Å². The molecule has 0 bridgehead atoms. The van der Waals surface area contributed by atoms with E-state index in [-0.39, 0.29) is 6.61 Å². The average molecular weight is 257 g/mol. The van der Waals surface area contributed by atoms with Gasteiger partial charge in [0.1, 0.15) is 11.3 Å². The number of rotatable bonds is 4. The molecule has 1 N–H and O–H groups in total. The second-order valence-corrected chi connectivity index (χ2v) is 4.42. The SMILES string of the molecule is Cc1ccc(-c2nc3cccnc3n2CCCO)o1. The van der Waals surface area contributed by atoms with Gasteiger partial charge in [0.15, 0.2) is 17.2 Å². The number of hydrogen-bond donors (Lipinski definition) is 1. The minimum atomic E-state index is 0.142. The lowest BCUT2D eigenvalue weighted by Crippen LogP contribution is -2.03. The van der Waals surface area contributed by atoms with Crippen molar-refractivity contribution < 1.29 is 9.52 Å². The van der Waals surface area contributed by atoms with Crippen LogP contribution in [0.5, 0.6) is 0 Å². The molecule has 5 nitrogen and oxygen atoms in total. The van der Waals surface area contributed by atoms with E-state index < -0.39 is 0 Å². The summed E-state index contributed by atoms with van der Waals surface area (Å²) in [7, 11) is 0. The molecule has 3 aromatic rings. The van der Waals surface area contributed by atoms with Crippen molar-refractivity contribution in [2.24, 2.45) is 0 Å². The van der Waals surface area contributed by atoms with Crippen LogP contribution in [0.2, 0.25) is 0 Å². The third-order valence-corrected chi connectivity index (χ3v) is 3.00. The van der Waals surface area contributed by atoms with Crippen molar-refractivity contribution in [3.05, 3.63) is 36.2 Å². The number of aliphatic hydroxyl groups excluding tert-OH is 1. The van der Waals surface area contributed by atoms with Crippen LogP contribution in [0.4, 0.5) is 0 Å². The van der Waals surface area contributed by atoms with Crippen LogP contribution in [0, 0.1) is 6.92 Å². The molecular formula is C14H15N3O2. The number of fused-ring (bicyclic) bond motifs is 1. The molecule has 5 heteroatoms. The number of aromatic nitrogens is 3. The third kappa shape index (κ3) is 2.13. The Bertz CT molecular complexity index is 700. The van der Waals surface area contributed by atoms with E-state index in [1.54, 1.807) is 6.20 Å². The molecule has 98 valence electrons. The highest BCUT2D eigenvalue weighted by atomic mass is 16.3. The maximum atomic E-state index is 9.03. The van der Waals surface area contributed by atoms with Crippen molar-refractivity contribution in [1.29, 1.82) is 0 Å². The summed E-state index contributed by atoms with van der Waals surface area (Å²) in [6, 6.07) is 7.62. The number of aliphatic hydroxyl groups is 1. The van der Waals surface area contributed by atoms with E-state index in [0.717, 1.165) is 28.5 Å². The molecule has 0 saturated carbocycles. The fourth-order valence-corrected chi connectivity index (χ4v) is 2.14. The molecule has 0 aliphatic rings. The van der Waals surface area contributed by atoms with Crippen molar-refractivity contribution in [2.75, 3.05) is 6.61 Å². The molecule has 0 atom stereocenters. The quantitative estimate of drug-likeness (QED) is 0.779. The second kappa shape index (κ2) is 4.85.